The minimum atomic E-state index is -0.0963. The number of aromatic hydroxyl groups is 2. The summed E-state index contributed by atoms with van der Waals surface area (Å²) in [5.74, 6) is 1.32. The molecule has 0 spiro atoms. The Kier molecular flexibility index (Phi) is 3.87. The summed E-state index contributed by atoms with van der Waals surface area (Å²) < 4.78 is 0. The van der Waals surface area contributed by atoms with E-state index >= 15 is 0 Å². The van der Waals surface area contributed by atoms with Crippen molar-refractivity contribution in [3.63, 3.8) is 0 Å². The molecule has 2 aromatic carbocycles. The van der Waals surface area contributed by atoms with Crippen molar-refractivity contribution in [1.82, 2.24) is 0 Å². The number of phenolic OH excluding ortho intramolecular Hbond substituents is 2. The summed E-state index contributed by atoms with van der Waals surface area (Å²) in [6.07, 6.45) is 3.43. The van der Waals surface area contributed by atoms with E-state index in [1.165, 1.54) is 17.5 Å². The van der Waals surface area contributed by atoms with Gasteiger partial charge in [-0.1, -0.05) is 45.0 Å². The molecule has 0 heterocycles. The Balaban J connectivity index is 2.21. The average Bonchev–Trinajstić information content (AvgIpc) is 2.49. The molecule has 1 unspecified atom stereocenters. The zero-order chi connectivity index (χ0) is 16.7. The maximum atomic E-state index is 9.69. The summed E-state index contributed by atoms with van der Waals surface area (Å²) in [4.78, 5) is 0. The fraction of sp³-hybridized carbons (Fsp3) is 0.429. The van der Waals surface area contributed by atoms with Crippen LogP contribution in [0.4, 0.5) is 0 Å². The summed E-state index contributed by atoms with van der Waals surface area (Å²) in [7, 11) is 0. The highest BCUT2D eigenvalue weighted by Gasteiger charge is 2.50. The molecule has 0 radical (unpaired) electrons. The molecule has 1 atom stereocenters. The Bertz CT molecular complexity index is 622. The fourth-order valence-electron chi connectivity index (χ4n) is 4.68. The molecular formula is C21H26O2. The van der Waals surface area contributed by atoms with Gasteiger partial charge >= 0.3 is 0 Å². The van der Waals surface area contributed by atoms with Crippen molar-refractivity contribution in [2.75, 3.05) is 0 Å². The van der Waals surface area contributed by atoms with Crippen molar-refractivity contribution in [3.8, 4) is 11.5 Å². The first-order valence-corrected chi connectivity index (χ1v) is 8.44. The third-order valence-electron chi connectivity index (χ3n) is 5.75. The van der Waals surface area contributed by atoms with Gasteiger partial charge in [0.25, 0.3) is 0 Å². The molecule has 2 nitrogen and oxygen atoms in total. The van der Waals surface area contributed by atoms with Crippen LogP contribution in [0.25, 0.3) is 0 Å². The van der Waals surface area contributed by atoms with Crippen LogP contribution >= 0.6 is 0 Å². The summed E-state index contributed by atoms with van der Waals surface area (Å²) >= 11 is 0. The average molecular weight is 310 g/mol. The summed E-state index contributed by atoms with van der Waals surface area (Å²) in [5.41, 5.74) is 2.50. The molecule has 122 valence electrons. The van der Waals surface area contributed by atoms with Gasteiger partial charge in [-0.3, -0.25) is 0 Å². The van der Waals surface area contributed by atoms with E-state index in [-0.39, 0.29) is 10.8 Å². The van der Waals surface area contributed by atoms with E-state index in [9.17, 15) is 10.2 Å². The molecular weight excluding hydrogens is 284 g/mol. The van der Waals surface area contributed by atoms with Crippen molar-refractivity contribution in [2.24, 2.45) is 11.3 Å². The predicted octanol–water partition coefficient (Wildman–Crippen LogP) is 5.23. The molecule has 0 aliphatic heterocycles. The zero-order valence-corrected chi connectivity index (χ0v) is 14.2. The number of benzene rings is 2. The van der Waals surface area contributed by atoms with E-state index in [1.807, 2.05) is 0 Å². The van der Waals surface area contributed by atoms with Gasteiger partial charge in [0.2, 0.25) is 0 Å². The highest BCUT2D eigenvalue weighted by molar-refractivity contribution is 5.45. The van der Waals surface area contributed by atoms with E-state index in [2.05, 4.69) is 45.0 Å². The molecule has 2 heteroatoms. The molecule has 23 heavy (non-hydrogen) atoms. The summed E-state index contributed by atoms with van der Waals surface area (Å²) in [6, 6.07) is 15.4. The molecule has 1 aliphatic carbocycles. The van der Waals surface area contributed by atoms with Crippen LogP contribution in [-0.4, -0.2) is 10.2 Å². The van der Waals surface area contributed by atoms with Crippen LogP contribution in [0, 0.1) is 11.3 Å². The largest absolute Gasteiger partial charge is 0.508 e. The molecule has 0 bridgehead atoms. The van der Waals surface area contributed by atoms with Gasteiger partial charge in [-0.05, 0) is 66.0 Å². The predicted molar refractivity (Wildman–Crippen MR) is 93.8 cm³/mol. The lowest BCUT2D eigenvalue weighted by atomic mass is 9.50. The lowest BCUT2D eigenvalue weighted by molar-refractivity contribution is 0.0929. The van der Waals surface area contributed by atoms with E-state index in [0.717, 1.165) is 12.8 Å². The van der Waals surface area contributed by atoms with Crippen LogP contribution in [0.2, 0.25) is 0 Å². The Morgan fingerprint density at radius 3 is 1.65 bits per heavy atom. The molecule has 2 aromatic rings. The zero-order valence-electron chi connectivity index (χ0n) is 14.2. The van der Waals surface area contributed by atoms with Gasteiger partial charge in [0.05, 0.1) is 0 Å². The maximum absolute atomic E-state index is 9.69. The summed E-state index contributed by atoms with van der Waals surface area (Å²) in [5, 5.41) is 19.4. The van der Waals surface area contributed by atoms with Crippen LogP contribution in [0.3, 0.4) is 0 Å². The van der Waals surface area contributed by atoms with E-state index in [1.54, 1.807) is 24.3 Å². The normalized spacial score (nSPS) is 22.7. The molecule has 1 fully saturated rings. The van der Waals surface area contributed by atoms with E-state index in [4.69, 9.17) is 0 Å². The lowest BCUT2D eigenvalue weighted by Gasteiger charge is -2.53. The number of rotatable bonds is 2. The molecule has 0 saturated heterocycles. The monoisotopic (exact) mass is 310 g/mol. The standard InChI is InChI=1S/C21H26O2/c1-15-12-13-21(20(2,3)14-15,16-4-8-18(22)9-5-16)17-6-10-19(23)11-7-17/h4-11,15,22-23H,12-14H2,1-3H3. The van der Waals surface area contributed by atoms with Crippen LogP contribution in [0.1, 0.15) is 51.2 Å². The SMILES string of the molecule is CC1CCC(c2ccc(O)cc2)(c2ccc(O)cc2)C(C)(C)C1. The molecule has 3 rings (SSSR count). The first-order chi connectivity index (χ1) is 10.8. The first-order valence-electron chi connectivity index (χ1n) is 8.44. The van der Waals surface area contributed by atoms with Crippen LogP contribution in [0.15, 0.2) is 48.5 Å². The molecule has 0 aromatic heterocycles. The van der Waals surface area contributed by atoms with Gasteiger partial charge in [-0.2, -0.15) is 0 Å². The third kappa shape index (κ3) is 2.60. The molecule has 1 saturated carbocycles. The number of phenols is 2. The van der Waals surface area contributed by atoms with Gasteiger partial charge in [-0.25, -0.2) is 0 Å². The third-order valence-corrected chi connectivity index (χ3v) is 5.75. The highest BCUT2D eigenvalue weighted by atomic mass is 16.3. The van der Waals surface area contributed by atoms with Crippen molar-refractivity contribution < 1.29 is 10.2 Å². The minimum absolute atomic E-state index is 0.0958. The Hall–Kier alpha value is -1.96. The quantitative estimate of drug-likeness (QED) is 0.797. The van der Waals surface area contributed by atoms with Gasteiger partial charge in [-0.15, -0.1) is 0 Å². The number of hydrogen-bond donors (Lipinski definition) is 2. The topological polar surface area (TPSA) is 40.5 Å². The van der Waals surface area contributed by atoms with Crippen LogP contribution < -0.4 is 0 Å². The van der Waals surface area contributed by atoms with Gasteiger partial charge in [0, 0.05) is 5.41 Å². The van der Waals surface area contributed by atoms with Crippen molar-refractivity contribution in [3.05, 3.63) is 59.7 Å². The van der Waals surface area contributed by atoms with Gasteiger partial charge in [0.15, 0.2) is 0 Å². The van der Waals surface area contributed by atoms with Crippen LogP contribution in [-0.2, 0) is 5.41 Å². The molecule has 0 amide bonds. The van der Waals surface area contributed by atoms with Crippen molar-refractivity contribution in [1.29, 1.82) is 0 Å². The second-order valence-corrected chi connectivity index (χ2v) is 7.73. The Morgan fingerprint density at radius 1 is 0.826 bits per heavy atom. The van der Waals surface area contributed by atoms with Crippen molar-refractivity contribution in [2.45, 2.75) is 45.4 Å². The van der Waals surface area contributed by atoms with Crippen LogP contribution in [0.5, 0.6) is 11.5 Å². The summed E-state index contributed by atoms with van der Waals surface area (Å²) in [6.45, 7) is 7.03. The molecule has 1 aliphatic rings. The second-order valence-electron chi connectivity index (χ2n) is 7.73. The smallest absolute Gasteiger partial charge is 0.115 e. The maximum Gasteiger partial charge on any atom is 0.115 e. The lowest BCUT2D eigenvalue weighted by Crippen LogP contribution is -2.47. The molecule has 2 N–H and O–H groups in total. The Morgan fingerprint density at radius 2 is 1.26 bits per heavy atom. The van der Waals surface area contributed by atoms with E-state index < -0.39 is 0 Å². The fourth-order valence-corrected chi connectivity index (χ4v) is 4.68. The Labute approximate surface area is 138 Å². The first kappa shape index (κ1) is 15.9. The second kappa shape index (κ2) is 5.59. The van der Waals surface area contributed by atoms with E-state index in [0.29, 0.717) is 17.4 Å². The highest BCUT2D eigenvalue weighted by Crippen LogP contribution is 2.57. The van der Waals surface area contributed by atoms with Gasteiger partial charge < -0.3 is 10.2 Å². The van der Waals surface area contributed by atoms with Crippen molar-refractivity contribution >= 4 is 0 Å². The number of hydrogen-bond acceptors (Lipinski definition) is 2. The van der Waals surface area contributed by atoms with Gasteiger partial charge in [0.1, 0.15) is 11.5 Å². The minimum Gasteiger partial charge on any atom is -0.508 e.